The van der Waals surface area contributed by atoms with Gasteiger partial charge in [-0.1, -0.05) is 103 Å². The van der Waals surface area contributed by atoms with Crippen LogP contribution in [0.3, 0.4) is 0 Å². The lowest BCUT2D eigenvalue weighted by Gasteiger charge is -2.15. The van der Waals surface area contributed by atoms with Crippen LogP contribution in [0.5, 0.6) is 0 Å². The molecule has 0 heterocycles. The number of halogens is 1. The fraction of sp³-hybridized carbons (Fsp3) is 0.826. The van der Waals surface area contributed by atoms with Crippen LogP contribution in [0.4, 0.5) is 0 Å². The van der Waals surface area contributed by atoms with Crippen LogP contribution in [0.15, 0.2) is 25.3 Å². The van der Waals surface area contributed by atoms with Crippen LogP contribution in [-0.2, 0) is 0 Å². The summed E-state index contributed by atoms with van der Waals surface area (Å²) < 4.78 is 0. The summed E-state index contributed by atoms with van der Waals surface area (Å²) in [4.78, 5) is 0. The van der Waals surface area contributed by atoms with Gasteiger partial charge in [0.2, 0.25) is 0 Å². The standard InChI is InChI=1S/C23H45N.BrH/c1-4-7-8-9-10-11-12-13-14-15-16-17-18-19-22-24-23(20-5-2)21-6-3;/h5-6,23-24H,2-4,7-22H2,1H3;1H. The van der Waals surface area contributed by atoms with E-state index in [0.717, 1.165) is 19.4 Å². The monoisotopic (exact) mass is 415 g/mol. The molecule has 0 rings (SSSR count). The molecule has 1 nitrogen and oxygen atoms in total. The molecule has 0 saturated carbocycles. The Morgan fingerprint density at radius 1 is 0.640 bits per heavy atom. The van der Waals surface area contributed by atoms with Gasteiger partial charge in [-0.15, -0.1) is 30.1 Å². The minimum absolute atomic E-state index is 0. The van der Waals surface area contributed by atoms with E-state index in [9.17, 15) is 0 Å². The summed E-state index contributed by atoms with van der Waals surface area (Å²) in [6.45, 7) is 11.1. The van der Waals surface area contributed by atoms with Gasteiger partial charge < -0.3 is 5.32 Å². The minimum Gasteiger partial charge on any atom is -0.313 e. The summed E-state index contributed by atoms with van der Waals surface area (Å²) in [5.74, 6) is 0. The molecule has 0 spiro atoms. The highest BCUT2D eigenvalue weighted by Gasteiger charge is 2.02. The largest absolute Gasteiger partial charge is 0.313 e. The van der Waals surface area contributed by atoms with Gasteiger partial charge in [-0.3, -0.25) is 0 Å². The van der Waals surface area contributed by atoms with Gasteiger partial charge in [0.25, 0.3) is 0 Å². The maximum absolute atomic E-state index is 3.83. The molecule has 0 amide bonds. The van der Waals surface area contributed by atoms with E-state index < -0.39 is 0 Å². The van der Waals surface area contributed by atoms with Crippen LogP contribution in [0.2, 0.25) is 0 Å². The first-order chi connectivity index (χ1) is 11.8. The average molecular weight is 417 g/mol. The van der Waals surface area contributed by atoms with Crippen molar-refractivity contribution in [3.05, 3.63) is 25.3 Å². The van der Waals surface area contributed by atoms with Gasteiger partial charge in [0.1, 0.15) is 0 Å². The molecule has 1 N–H and O–H groups in total. The van der Waals surface area contributed by atoms with Gasteiger partial charge >= 0.3 is 0 Å². The molecule has 2 heteroatoms. The van der Waals surface area contributed by atoms with Crippen LogP contribution >= 0.6 is 17.0 Å². The Hall–Kier alpha value is -0.0800. The Morgan fingerprint density at radius 3 is 1.36 bits per heavy atom. The quantitative estimate of drug-likeness (QED) is 0.156. The lowest BCUT2D eigenvalue weighted by Crippen LogP contribution is -2.28. The first-order valence-electron chi connectivity index (χ1n) is 10.8. The lowest BCUT2D eigenvalue weighted by atomic mass is 10.0. The van der Waals surface area contributed by atoms with Crippen molar-refractivity contribution in [1.29, 1.82) is 0 Å². The van der Waals surface area contributed by atoms with Gasteiger partial charge in [0.05, 0.1) is 0 Å². The second kappa shape index (κ2) is 23.9. The van der Waals surface area contributed by atoms with E-state index in [2.05, 4.69) is 25.4 Å². The molecule has 0 aliphatic carbocycles. The smallest absolute Gasteiger partial charge is 0.0136 e. The van der Waals surface area contributed by atoms with Gasteiger partial charge in [-0.25, -0.2) is 0 Å². The first kappa shape index (κ1) is 27.1. The fourth-order valence-electron chi connectivity index (χ4n) is 3.29. The molecule has 0 aromatic carbocycles. The Balaban J connectivity index is 0. The van der Waals surface area contributed by atoms with Crippen LogP contribution in [0, 0.1) is 0 Å². The SMILES string of the molecule is Br.C=CCC(CC=C)NCCCCCCCCCCCCCCCC. The van der Waals surface area contributed by atoms with Gasteiger partial charge in [0, 0.05) is 6.04 Å². The predicted molar refractivity (Wildman–Crippen MR) is 122 cm³/mol. The Kier molecular flexibility index (Phi) is 26.0. The summed E-state index contributed by atoms with van der Waals surface area (Å²) in [5, 5.41) is 3.62. The predicted octanol–water partition coefficient (Wildman–Crippen LogP) is 8.16. The number of nitrogens with one attached hydrogen (secondary N) is 1. The van der Waals surface area contributed by atoms with Crippen molar-refractivity contribution in [3.8, 4) is 0 Å². The molecule has 0 bridgehead atoms. The summed E-state index contributed by atoms with van der Waals surface area (Å²) in [5.41, 5.74) is 0. The topological polar surface area (TPSA) is 12.0 Å². The third kappa shape index (κ3) is 21.9. The van der Waals surface area contributed by atoms with Crippen LogP contribution in [0.25, 0.3) is 0 Å². The van der Waals surface area contributed by atoms with Crippen molar-refractivity contribution in [2.75, 3.05) is 6.54 Å². The van der Waals surface area contributed by atoms with E-state index in [1.54, 1.807) is 0 Å². The maximum atomic E-state index is 3.83. The van der Waals surface area contributed by atoms with Gasteiger partial charge in [-0.2, -0.15) is 0 Å². The third-order valence-corrected chi connectivity index (χ3v) is 4.87. The van der Waals surface area contributed by atoms with Crippen LogP contribution < -0.4 is 5.32 Å². The average Bonchev–Trinajstić information content (AvgIpc) is 2.58. The van der Waals surface area contributed by atoms with Crippen molar-refractivity contribution in [2.24, 2.45) is 0 Å². The van der Waals surface area contributed by atoms with E-state index in [1.165, 1.54) is 89.9 Å². The molecule has 0 aromatic rings. The van der Waals surface area contributed by atoms with E-state index in [0.29, 0.717) is 6.04 Å². The zero-order chi connectivity index (χ0) is 17.7. The van der Waals surface area contributed by atoms with Crippen molar-refractivity contribution < 1.29 is 0 Å². The molecule has 0 aliphatic rings. The Morgan fingerprint density at radius 2 is 1.00 bits per heavy atom. The molecule has 0 aliphatic heterocycles. The highest BCUT2D eigenvalue weighted by atomic mass is 79.9. The molecule has 0 radical (unpaired) electrons. The van der Waals surface area contributed by atoms with E-state index in [4.69, 9.17) is 0 Å². The summed E-state index contributed by atoms with van der Waals surface area (Å²) in [6, 6.07) is 0.543. The zero-order valence-electron chi connectivity index (χ0n) is 17.1. The minimum atomic E-state index is 0. The first-order valence-corrected chi connectivity index (χ1v) is 10.8. The highest BCUT2D eigenvalue weighted by molar-refractivity contribution is 8.93. The van der Waals surface area contributed by atoms with Crippen molar-refractivity contribution >= 4 is 17.0 Å². The van der Waals surface area contributed by atoms with Gasteiger partial charge in [-0.05, 0) is 25.8 Å². The van der Waals surface area contributed by atoms with E-state index in [1.807, 2.05) is 12.2 Å². The number of hydrogen-bond donors (Lipinski definition) is 1. The van der Waals surface area contributed by atoms with Crippen molar-refractivity contribution in [1.82, 2.24) is 5.32 Å². The Labute approximate surface area is 169 Å². The Bertz CT molecular complexity index is 255. The van der Waals surface area contributed by atoms with E-state index >= 15 is 0 Å². The normalized spacial score (nSPS) is 10.6. The molecular weight excluding hydrogens is 370 g/mol. The lowest BCUT2D eigenvalue weighted by molar-refractivity contribution is 0.490. The summed E-state index contributed by atoms with van der Waals surface area (Å²) >= 11 is 0. The molecule has 0 unspecified atom stereocenters. The summed E-state index contributed by atoms with van der Waals surface area (Å²) in [6.07, 6.45) is 26.1. The second-order valence-electron chi connectivity index (χ2n) is 7.30. The van der Waals surface area contributed by atoms with E-state index in [-0.39, 0.29) is 17.0 Å². The molecule has 0 aromatic heterocycles. The van der Waals surface area contributed by atoms with Crippen LogP contribution in [0.1, 0.15) is 110 Å². The van der Waals surface area contributed by atoms with Crippen molar-refractivity contribution in [3.63, 3.8) is 0 Å². The van der Waals surface area contributed by atoms with Gasteiger partial charge in [0.15, 0.2) is 0 Å². The molecule has 25 heavy (non-hydrogen) atoms. The molecule has 150 valence electrons. The molecule has 0 saturated heterocycles. The number of unbranched alkanes of at least 4 members (excludes halogenated alkanes) is 13. The van der Waals surface area contributed by atoms with Crippen molar-refractivity contribution in [2.45, 2.75) is 116 Å². The fourth-order valence-corrected chi connectivity index (χ4v) is 3.29. The maximum Gasteiger partial charge on any atom is 0.0136 e. The molecule has 0 fully saturated rings. The number of hydrogen-bond acceptors (Lipinski definition) is 1. The molecule has 0 atom stereocenters. The molecular formula is C23H46BrN. The highest BCUT2D eigenvalue weighted by Crippen LogP contribution is 2.12. The zero-order valence-corrected chi connectivity index (χ0v) is 18.8. The van der Waals surface area contributed by atoms with Crippen LogP contribution in [-0.4, -0.2) is 12.6 Å². The summed E-state index contributed by atoms with van der Waals surface area (Å²) in [7, 11) is 0. The number of rotatable bonds is 20. The third-order valence-electron chi connectivity index (χ3n) is 4.87. The second-order valence-corrected chi connectivity index (χ2v) is 7.30.